The maximum atomic E-state index is 11.6. The van der Waals surface area contributed by atoms with Gasteiger partial charge in [-0.2, -0.15) is 0 Å². The molecule has 20 heavy (non-hydrogen) atoms. The van der Waals surface area contributed by atoms with Gasteiger partial charge in [0.15, 0.2) is 0 Å². The zero-order chi connectivity index (χ0) is 14.2. The van der Waals surface area contributed by atoms with E-state index in [1.54, 1.807) is 18.6 Å². The lowest BCUT2D eigenvalue weighted by Crippen LogP contribution is -2.22. The molecule has 0 aromatic carbocycles. The predicted octanol–water partition coefficient (Wildman–Crippen LogP) is 2.95. The standard InChI is InChI=1S/C16H19N3O/c1-2-3-6-16(20)19-11-13-7-9-18-15(10-13)14-5-4-8-17-12-14/h4-5,7-10,12H,2-3,6,11H2,1H3,(H,19,20). The zero-order valence-corrected chi connectivity index (χ0v) is 11.7. The number of nitrogens with one attached hydrogen (secondary N) is 1. The van der Waals surface area contributed by atoms with Crippen molar-refractivity contribution in [3.8, 4) is 11.3 Å². The molecule has 2 aromatic rings. The first-order valence-corrected chi connectivity index (χ1v) is 6.91. The first-order valence-electron chi connectivity index (χ1n) is 6.91. The lowest BCUT2D eigenvalue weighted by Gasteiger charge is -2.06. The molecule has 0 fully saturated rings. The van der Waals surface area contributed by atoms with Gasteiger partial charge in [-0.25, -0.2) is 0 Å². The van der Waals surface area contributed by atoms with Crippen LogP contribution in [0.1, 0.15) is 31.7 Å². The Labute approximate surface area is 119 Å². The molecular formula is C16H19N3O. The smallest absolute Gasteiger partial charge is 0.220 e. The molecule has 0 saturated carbocycles. The third-order valence-corrected chi connectivity index (χ3v) is 3.03. The van der Waals surface area contributed by atoms with Crippen LogP contribution in [0, 0.1) is 0 Å². The highest BCUT2D eigenvalue weighted by Crippen LogP contribution is 2.16. The van der Waals surface area contributed by atoms with Crippen molar-refractivity contribution < 1.29 is 4.79 Å². The van der Waals surface area contributed by atoms with E-state index in [4.69, 9.17) is 0 Å². The molecule has 1 N–H and O–H groups in total. The van der Waals surface area contributed by atoms with Gasteiger partial charge in [-0.15, -0.1) is 0 Å². The SMILES string of the molecule is CCCCC(=O)NCc1ccnc(-c2cccnc2)c1. The molecule has 0 aliphatic carbocycles. The number of carbonyl (C=O) groups excluding carboxylic acids is 1. The molecule has 0 radical (unpaired) electrons. The van der Waals surface area contributed by atoms with Crippen LogP contribution in [-0.4, -0.2) is 15.9 Å². The molecule has 4 heteroatoms. The highest BCUT2D eigenvalue weighted by atomic mass is 16.1. The first-order chi connectivity index (χ1) is 9.79. The number of hydrogen-bond donors (Lipinski definition) is 1. The Hall–Kier alpha value is -2.23. The van der Waals surface area contributed by atoms with Crippen LogP contribution in [0.4, 0.5) is 0 Å². The third-order valence-electron chi connectivity index (χ3n) is 3.03. The highest BCUT2D eigenvalue weighted by Gasteiger charge is 2.03. The summed E-state index contributed by atoms with van der Waals surface area (Å²) in [5.41, 5.74) is 2.90. The summed E-state index contributed by atoms with van der Waals surface area (Å²) in [5.74, 6) is 0.103. The Balaban J connectivity index is 1.98. The van der Waals surface area contributed by atoms with Gasteiger partial charge in [0, 0.05) is 37.1 Å². The predicted molar refractivity (Wildman–Crippen MR) is 78.8 cm³/mol. The molecule has 1 amide bonds. The van der Waals surface area contributed by atoms with Crippen molar-refractivity contribution in [2.75, 3.05) is 0 Å². The first kappa shape index (κ1) is 14.2. The Morgan fingerprint density at radius 2 is 2.20 bits per heavy atom. The third kappa shape index (κ3) is 4.16. The molecule has 2 aromatic heterocycles. The van der Waals surface area contributed by atoms with Crippen LogP contribution in [-0.2, 0) is 11.3 Å². The maximum Gasteiger partial charge on any atom is 0.220 e. The van der Waals surface area contributed by atoms with Gasteiger partial charge in [0.1, 0.15) is 0 Å². The van der Waals surface area contributed by atoms with Crippen LogP contribution in [0.2, 0.25) is 0 Å². The van der Waals surface area contributed by atoms with Gasteiger partial charge in [0.2, 0.25) is 5.91 Å². The minimum Gasteiger partial charge on any atom is -0.352 e. The molecule has 4 nitrogen and oxygen atoms in total. The van der Waals surface area contributed by atoms with Crippen molar-refractivity contribution in [1.29, 1.82) is 0 Å². The van der Waals surface area contributed by atoms with Crippen molar-refractivity contribution in [2.24, 2.45) is 0 Å². The van der Waals surface area contributed by atoms with Gasteiger partial charge in [-0.3, -0.25) is 14.8 Å². The topological polar surface area (TPSA) is 54.9 Å². The summed E-state index contributed by atoms with van der Waals surface area (Å²) in [7, 11) is 0. The molecule has 0 aliphatic rings. The van der Waals surface area contributed by atoms with Crippen molar-refractivity contribution in [3.05, 3.63) is 48.4 Å². The summed E-state index contributed by atoms with van der Waals surface area (Å²) >= 11 is 0. The van der Waals surface area contributed by atoms with E-state index < -0.39 is 0 Å². The van der Waals surface area contributed by atoms with E-state index in [-0.39, 0.29) is 5.91 Å². The van der Waals surface area contributed by atoms with Crippen LogP contribution < -0.4 is 5.32 Å². The number of nitrogens with zero attached hydrogens (tertiary/aromatic N) is 2. The fourth-order valence-electron chi connectivity index (χ4n) is 1.88. The molecular weight excluding hydrogens is 250 g/mol. The zero-order valence-electron chi connectivity index (χ0n) is 11.7. The normalized spacial score (nSPS) is 10.2. The Bertz CT molecular complexity index is 555. The fraction of sp³-hybridized carbons (Fsp3) is 0.312. The average molecular weight is 269 g/mol. The van der Waals surface area contributed by atoms with E-state index in [0.717, 1.165) is 29.7 Å². The maximum absolute atomic E-state index is 11.6. The summed E-state index contributed by atoms with van der Waals surface area (Å²) in [6.07, 6.45) is 7.84. The van der Waals surface area contributed by atoms with Crippen molar-refractivity contribution >= 4 is 5.91 Å². The molecule has 2 heterocycles. The van der Waals surface area contributed by atoms with Crippen LogP contribution in [0.3, 0.4) is 0 Å². The number of rotatable bonds is 6. The van der Waals surface area contributed by atoms with Gasteiger partial charge >= 0.3 is 0 Å². The minimum absolute atomic E-state index is 0.103. The average Bonchev–Trinajstić information content (AvgIpc) is 2.52. The number of amides is 1. The van der Waals surface area contributed by atoms with Crippen LogP contribution in [0.15, 0.2) is 42.9 Å². The fourth-order valence-corrected chi connectivity index (χ4v) is 1.88. The molecule has 0 saturated heterocycles. The highest BCUT2D eigenvalue weighted by molar-refractivity contribution is 5.75. The second-order valence-corrected chi connectivity index (χ2v) is 4.67. The minimum atomic E-state index is 0.103. The van der Waals surface area contributed by atoms with Gasteiger partial charge in [-0.05, 0) is 36.2 Å². The Kier molecular flexibility index (Phi) is 5.24. The lowest BCUT2D eigenvalue weighted by molar-refractivity contribution is -0.121. The Morgan fingerprint density at radius 3 is 2.95 bits per heavy atom. The van der Waals surface area contributed by atoms with Crippen LogP contribution in [0.5, 0.6) is 0 Å². The second-order valence-electron chi connectivity index (χ2n) is 4.67. The number of unbranched alkanes of at least 4 members (excludes halogenated alkanes) is 1. The van der Waals surface area contributed by atoms with Gasteiger partial charge in [0.25, 0.3) is 0 Å². The number of carbonyl (C=O) groups is 1. The number of aromatic nitrogens is 2. The van der Waals surface area contributed by atoms with E-state index in [1.165, 1.54) is 0 Å². The van der Waals surface area contributed by atoms with Crippen molar-refractivity contribution in [1.82, 2.24) is 15.3 Å². The largest absolute Gasteiger partial charge is 0.352 e. The summed E-state index contributed by atoms with van der Waals surface area (Å²) in [6, 6.07) is 7.76. The molecule has 2 rings (SSSR count). The molecule has 0 spiro atoms. The summed E-state index contributed by atoms with van der Waals surface area (Å²) in [6.45, 7) is 2.62. The quantitative estimate of drug-likeness (QED) is 0.877. The molecule has 0 bridgehead atoms. The second kappa shape index (κ2) is 7.38. The molecule has 0 atom stereocenters. The van der Waals surface area contributed by atoms with Gasteiger partial charge < -0.3 is 5.32 Å². The molecule has 104 valence electrons. The van der Waals surface area contributed by atoms with Crippen molar-refractivity contribution in [2.45, 2.75) is 32.7 Å². The van der Waals surface area contributed by atoms with E-state index in [0.29, 0.717) is 13.0 Å². The van der Waals surface area contributed by atoms with E-state index >= 15 is 0 Å². The van der Waals surface area contributed by atoms with Gasteiger partial charge in [-0.1, -0.05) is 13.3 Å². The number of hydrogen-bond acceptors (Lipinski definition) is 3. The van der Waals surface area contributed by atoms with E-state index in [9.17, 15) is 4.79 Å². The van der Waals surface area contributed by atoms with Crippen LogP contribution >= 0.6 is 0 Å². The van der Waals surface area contributed by atoms with Crippen molar-refractivity contribution in [3.63, 3.8) is 0 Å². The summed E-state index contributed by atoms with van der Waals surface area (Å²) < 4.78 is 0. The lowest BCUT2D eigenvalue weighted by atomic mass is 10.1. The summed E-state index contributed by atoms with van der Waals surface area (Å²) in [5, 5.41) is 2.93. The van der Waals surface area contributed by atoms with E-state index in [2.05, 4.69) is 22.2 Å². The monoisotopic (exact) mass is 269 g/mol. The van der Waals surface area contributed by atoms with Crippen LogP contribution in [0.25, 0.3) is 11.3 Å². The molecule has 0 aliphatic heterocycles. The summed E-state index contributed by atoms with van der Waals surface area (Å²) in [4.78, 5) is 20.0. The molecule has 0 unspecified atom stereocenters. The van der Waals surface area contributed by atoms with Gasteiger partial charge in [0.05, 0.1) is 5.69 Å². The Morgan fingerprint density at radius 1 is 1.30 bits per heavy atom. The van der Waals surface area contributed by atoms with E-state index in [1.807, 2.05) is 24.3 Å². The number of pyridine rings is 2.